The molecule has 25 heavy (non-hydrogen) atoms. The van der Waals surface area contributed by atoms with Gasteiger partial charge in [-0.1, -0.05) is 43.2 Å². The predicted octanol–water partition coefficient (Wildman–Crippen LogP) is 4.70. The molecule has 1 fully saturated rings. The van der Waals surface area contributed by atoms with Crippen molar-refractivity contribution in [2.75, 3.05) is 10.6 Å². The van der Waals surface area contributed by atoms with Crippen molar-refractivity contribution in [1.29, 1.82) is 0 Å². The molecule has 0 atom stereocenters. The summed E-state index contributed by atoms with van der Waals surface area (Å²) in [5.74, 6) is 3.28. The molecular formula is C20H22N4O. The summed E-state index contributed by atoms with van der Waals surface area (Å²) in [7, 11) is 0. The molecule has 4 rings (SSSR count). The SMILES string of the molecule is c1ccc(-c2nc(NCc3ccco3)cc(NC3CCCC3)n2)cc1. The number of anilines is 2. The molecule has 2 aromatic heterocycles. The van der Waals surface area contributed by atoms with Crippen molar-refractivity contribution in [3.8, 4) is 11.4 Å². The molecule has 0 saturated heterocycles. The molecule has 5 heteroatoms. The van der Waals surface area contributed by atoms with Crippen LogP contribution in [0.15, 0.2) is 59.2 Å². The van der Waals surface area contributed by atoms with Crippen LogP contribution in [0.2, 0.25) is 0 Å². The molecule has 3 aromatic rings. The number of hydrogen-bond donors (Lipinski definition) is 2. The largest absolute Gasteiger partial charge is 0.467 e. The Morgan fingerprint density at radius 1 is 0.960 bits per heavy atom. The fourth-order valence-corrected chi connectivity index (χ4v) is 3.20. The van der Waals surface area contributed by atoms with Gasteiger partial charge in [-0.2, -0.15) is 0 Å². The van der Waals surface area contributed by atoms with E-state index in [4.69, 9.17) is 9.40 Å². The molecular weight excluding hydrogens is 312 g/mol. The van der Waals surface area contributed by atoms with E-state index >= 15 is 0 Å². The Kier molecular flexibility index (Phi) is 4.63. The van der Waals surface area contributed by atoms with Crippen LogP contribution in [0, 0.1) is 0 Å². The van der Waals surface area contributed by atoms with Crippen molar-refractivity contribution in [2.45, 2.75) is 38.3 Å². The van der Waals surface area contributed by atoms with Gasteiger partial charge in [0.25, 0.3) is 0 Å². The summed E-state index contributed by atoms with van der Waals surface area (Å²) in [6.45, 7) is 0.598. The van der Waals surface area contributed by atoms with Gasteiger partial charge in [-0.05, 0) is 25.0 Å². The van der Waals surface area contributed by atoms with Gasteiger partial charge in [-0.25, -0.2) is 9.97 Å². The molecule has 5 nitrogen and oxygen atoms in total. The molecule has 1 aromatic carbocycles. The van der Waals surface area contributed by atoms with Crippen molar-refractivity contribution in [3.63, 3.8) is 0 Å². The van der Waals surface area contributed by atoms with E-state index in [1.165, 1.54) is 25.7 Å². The van der Waals surface area contributed by atoms with Crippen LogP contribution in [0.4, 0.5) is 11.6 Å². The third-order valence-corrected chi connectivity index (χ3v) is 4.49. The molecule has 0 unspecified atom stereocenters. The average molecular weight is 334 g/mol. The van der Waals surface area contributed by atoms with Crippen LogP contribution in [0.3, 0.4) is 0 Å². The Morgan fingerprint density at radius 3 is 2.52 bits per heavy atom. The van der Waals surface area contributed by atoms with Crippen LogP contribution in [-0.2, 0) is 6.54 Å². The van der Waals surface area contributed by atoms with E-state index in [2.05, 4.69) is 15.6 Å². The van der Waals surface area contributed by atoms with E-state index in [1.54, 1.807) is 6.26 Å². The number of benzene rings is 1. The minimum atomic E-state index is 0.511. The quantitative estimate of drug-likeness (QED) is 0.684. The lowest BCUT2D eigenvalue weighted by molar-refractivity contribution is 0.518. The average Bonchev–Trinajstić information content (AvgIpc) is 3.34. The van der Waals surface area contributed by atoms with Gasteiger partial charge in [0.1, 0.15) is 17.4 Å². The maximum atomic E-state index is 5.39. The molecule has 0 amide bonds. The molecule has 0 aliphatic heterocycles. The highest BCUT2D eigenvalue weighted by Gasteiger charge is 2.16. The molecule has 2 heterocycles. The normalized spacial score (nSPS) is 14.6. The van der Waals surface area contributed by atoms with Gasteiger partial charge in [0.15, 0.2) is 5.82 Å². The summed E-state index contributed by atoms with van der Waals surface area (Å²) < 4.78 is 5.39. The van der Waals surface area contributed by atoms with Crippen molar-refractivity contribution in [2.24, 2.45) is 0 Å². The first-order valence-corrected chi connectivity index (χ1v) is 8.84. The van der Waals surface area contributed by atoms with E-state index in [-0.39, 0.29) is 0 Å². The summed E-state index contributed by atoms with van der Waals surface area (Å²) in [6.07, 6.45) is 6.68. The first kappa shape index (κ1) is 15.7. The second kappa shape index (κ2) is 7.38. The van der Waals surface area contributed by atoms with Gasteiger partial charge < -0.3 is 15.1 Å². The van der Waals surface area contributed by atoms with Gasteiger partial charge in [0.2, 0.25) is 0 Å². The molecule has 1 saturated carbocycles. The maximum Gasteiger partial charge on any atom is 0.163 e. The third kappa shape index (κ3) is 3.99. The van der Waals surface area contributed by atoms with E-state index in [0.29, 0.717) is 12.6 Å². The first-order chi connectivity index (χ1) is 12.4. The Bertz CT molecular complexity index is 796. The van der Waals surface area contributed by atoms with Crippen molar-refractivity contribution >= 4 is 11.6 Å². The molecule has 0 spiro atoms. The van der Waals surface area contributed by atoms with Crippen molar-refractivity contribution in [1.82, 2.24) is 9.97 Å². The molecule has 1 aliphatic rings. The van der Waals surface area contributed by atoms with Crippen molar-refractivity contribution < 1.29 is 4.42 Å². The summed E-state index contributed by atoms with van der Waals surface area (Å²) in [4.78, 5) is 9.40. The Labute approximate surface area is 147 Å². The summed E-state index contributed by atoms with van der Waals surface area (Å²) >= 11 is 0. The minimum absolute atomic E-state index is 0.511. The molecule has 0 radical (unpaired) electrons. The van der Waals surface area contributed by atoms with Crippen molar-refractivity contribution in [3.05, 3.63) is 60.6 Å². The van der Waals surface area contributed by atoms with Crippen LogP contribution in [-0.4, -0.2) is 16.0 Å². The number of aromatic nitrogens is 2. The molecule has 0 bridgehead atoms. The predicted molar refractivity (Wildman–Crippen MR) is 99.4 cm³/mol. The molecule has 2 N–H and O–H groups in total. The topological polar surface area (TPSA) is 63.0 Å². The van der Waals surface area contributed by atoms with Crippen LogP contribution in [0.25, 0.3) is 11.4 Å². The van der Waals surface area contributed by atoms with E-state index in [0.717, 1.165) is 28.8 Å². The van der Waals surface area contributed by atoms with Gasteiger partial charge in [-0.15, -0.1) is 0 Å². The third-order valence-electron chi connectivity index (χ3n) is 4.49. The zero-order valence-corrected chi connectivity index (χ0v) is 14.1. The number of rotatable bonds is 6. The fraction of sp³-hybridized carbons (Fsp3) is 0.300. The summed E-state index contributed by atoms with van der Waals surface area (Å²) in [5, 5.41) is 6.91. The van der Waals surface area contributed by atoms with E-state index in [9.17, 15) is 0 Å². The lowest BCUT2D eigenvalue weighted by atomic mass is 10.2. The highest BCUT2D eigenvalue weighted by Crippen LogP contribution is 2.25. The van der Waals surface area contributed by atoms with E-state index in [1.807, 2.05) is 48.5 Å². The lowest BCUT2D eigenvalue weighted by Crippen LogP contribution is -2.16. The number of hydrogen-bond acceptors (Lipinski definition) is 5. The molecule has 128 valence electrons. The highest BCUT2D eigenvalue weighted by molar-refractivity contribution is 5.61. The van der Waals surface area contributed by atoms with Gasteiger partial charge in [0.05, 0.1) is 12.8 Å². The zero-order chi connectivity index (χ0) is 16.9. The van der Waals surface area contributed by atoms with Crippen LogP contribution < -0.4 is 10.6 Å². The Balaban J connectivity index is 1.59. The minimum Gasteiger partial charge on any atom is -0.467 e. The standard InChI is InChI=1S/C20H22N4O/c1-2-7-15(8-3-1)20-23-18(21-14-17-11-6-12-25-17)13-19(24-20)22-16-9-4-5-10-16/h1-3,6-8,11-13,16H,4-5,9-10,14H2,(H2,21,22,23,24). The smallest absolute Gasteiger partial charge is 0.163 e. The Morgan fingerprint density at radius 2 is 1.76 bits per heavy atom. The van der Waals surface area contributed by atoms with Gasteiger partial charge in [0, 0.05) is 17.7 Å². The van der Waals surface area contributed by atoms with Gasteiger partial charge in [-0.3, -0.25) is 0 Å². The highest BCUT2D eigenvalue weighted by atomic mass is 16.3. The lowest BCUT2D eigenvalue weighted by Gasteiger charge is -2.15. The summed E-state index contributed by atoms with van der Waals surface area (Å²) in [6, 6.07) is 16.4. The second-order valence-corrected chi connectivity index (χ2v) is 6.39. The second-order valence-electron chi connectivity index (χ2n) is 6.39. The van der Waals surface area contributed by atoms with Crippen LogP contribution in [0.5, 0.6) is 0 Å². The summed E-state index contributed by atoms with van der Waals surface area (Å²) in [5.41, 5.74) is 1.01. The zero-order valence-electron chi connectivity index (χ0n) is 14.1. The first-order valence-electron chi connectivity index (χ1n) is 8.84. The monoisotopic (exact) mass is 334 g/mol. The Hall–Kier alpha value is -2.82. The number of furan rings is 1. The fourth-order valence-electron chi connectivity index (χ4n) is 3.20. The number of nitrogens with one attached hydrogen (secondary N) is 2. The number of nitrogens with zero attached hydrogens (tertiary/aromatic N) is 2. The van der Waals surface area contributed by atoms with Crippen LogP contribution >= 0.6 is 0 Å². The maximum absolute atomic E-state index is 5.39. The van der Waals surface area contributed by atoms with E-state index < -0.39 is 0 Å². The van der Waals surface area contributed by atoms with Crippen LogP contribution in [0.1, 0.15) is 31.4 Å². The van der Waals surface area contributed by atoms with Gasteiger partial charge >= 0.3 is 0 Å². The molecule has 1 aliphatic carbocycles.